The molecule has 15 heteroatoms. The highest BCUT2D eigenvalue weighted by Crippen LogP contribution is 2.44. The number of nitrogens with one attached hydrogen (secondary N) is 1. The highest BCUT2D eigenvalue weighted by molar-refractivity contribution is 5.92. The number of fused-ring (bicyclic) bond motifs is 3. The first-order chi connectivity index (χ1) is 33.0. The lowest BCUT2D eigenvalue weighted by Gasteiger charge is -2.45. The molecule has 1 aliphatic heterocycles. The maximum absolute atomic E-state index is 14.0. The average Bonchev–Trinajstić information content (AvgIpc) is 3.69. The topological polar surface area (TPSA) is 199 Å². The van der Waals surface area contributed by atoms with Gasteiger partial charge >= 0.3 is 35.9 Å². The minimum Gasteiger partial charge on any atom is -0.480 e. The summed E-state index contributed by atoms with van der Waals surface area (Å²) in [5.41, 5.74) is 4.27. The fourth-order valence-corrected chi connectivity index (χ4v) is 8.07. The molecule has 0 saturated carbocycles. The average molecular weight is 920 g/mol. The smallest absolute Gasteiger partial charge is 0.407 e. The summed E-state index contributed by atoms with van der Waals surface area (Å²) in [4.78, 5) is 81.6. The van der Waals surface area contributed by atoms with E-state index in [-0.39, 0.29) is 34.8 Å². The van der Waals surface area contributed by atoms with Crippen LogP contribution in [0, 0.1) is 0 Å². The summed E-state index contributed by atoms with van der Waals surface area (Å²) in [7, 11) is 0. The van der Waals surface area contributed by atoms with E-state index in [9.17, 15) is 33.9 Å². The quantitative estimate of drug-likeness (QED) is 0.0709. The SMILES string of the molecule is C[C@@H](O[C@@H]1O[C@H](COC(=O)c2ccccc2)[C@@H](OC(=O)c2ccccc2)[C@H](OC(=O)c2ccccc2)[C@H]1OC(=O)c1ccccc1)[C@H](NC(=O)OCC1c2ccccc2-c2ccccc21)C(=O)O. The minimum atomic E-state index is -1.84. The van der Waals surface area contributed by atoms with E-state index in [0.717, 1.165) is 22.3 Å². The molecule has 1 aliphatic carbocycles. The van der Waals surface area contributed by atoms with Gasteiger partial charge in [-0.3, -0.25) is 0 Å². The van der Waals surface area contributed by atoms with Crippen LogP contribution >= 0.6 is 0 Å². The number of alkyl carbamates (subject to hydrolysis) is 1. The Labute approximate surface area is 390 Å². The second kappa shape index (κ2) is 21.4. The van der Waals surface area contributed by atoms with Crippen LogP contribution in [0.25, 0.3) is 11.1 Å². The Kier molecular flexibility index (Phi) is 14.6. The summed E-state index contributed by atoms with van der Waals surface area (Å²) in [6.45, 7) is 0.554. The van der Waals surface area contributed by atoms with Gasteiger partial charge in [0.2, 0.25) is 0 Å². The van der Waals surface area contributed by atoms with Crippen LogP contribution in [-0.2, 0) is 38.0 Å². The molecule has 1 heterocycles. The lowest BCUT2D eigenvalue weighted by molar-refractivity contribution is -0.308. The Morgan fingerprint density at radius 3 is 1.40 bits per heavy atom. The molecule has 2 aliphatic rings. The predicted molar refractivity (Wildman–Crippen MR) is 242 cm³/mol. The van der Waals surface area contributed by atoms with Crippen molar-refractivity contribution in [1.82, 2.24) is 5.32 Å². The van der Waals surface area contributed by atoms with Crippen molar-refractivity contribution in [3.8, 4) is 11.1 Å². The Morgan fingerprint density at radius 1 is 0.515 bits per heavy atom. The largest absolute Gasteiger partial charge is 0.480 e. The number of aliphatic carboxylic acids is 1. The number of esters is 4. The molecular formula is C53H45NO14. The van der Waals surface area contributed by atoms with Crippen molar-refractivity contribution in [2.24, 2.45) is 0 Å². The maximum atomic E-state index is 14.0. The standard InChI is InChI=1S/C53H45NO14/c1-32(43(47(55)56)54-53(61)63-30-41-39-28-16-14-26-37(39)38-27-15-17-29-40(38)41)64-52-46(68-51(60)36-24-12-5-13-25-36)45(67-50(59)35-22-10-4-11-23-35)44(66-49(58)34-20-8-3-9-21-34)42(65-52)31-62-48(57)33-18-6-2-7-19-33/h2-29,32,41-46,52H,30-31H2,1H3,(H,54,61)(H,55,56)/t32-,42-,43+,44-,45+,46-,52-/m1/s1. The first-order valence-electron chi connectivity index (χ1n) is 21.7. The summed E-state index contributed by atoms with van der Waals surface area (Å²) in [6, 6.07) is 45.1. The molecule has 68 heavy (non-hydrogen) atoms. The molecule has 1 amide bonds. The summed E-state index contributed by atoms with van der Waals surface area (Å²) in [5.74, 6) is -5.44. The molecule has 0 radical (unpaired) electrons. The van der Waals surface area contributed by atoms with Crippen LogP contribution in [-0.4, -0.2) is 97.1 Å². The van der Waals surface area contributed by atoms with Crippen molar-refractivity contribution in [2.75, 3.05) is 13.2 Å². The third-order valence-electron chi connectivity index (χ3n) is 11.4. The predicted octanol–water partition coefficient (Wildman–Crippen LogP) is 7.64. The van der Waals surface area contributed by atoms with E-state index in [0.29, 0.717) is 0 Å². The molecule has 8 rings (SSSR count). The van der Waals surface area contributed by atoms with E-state index in [1.807, 2.05) is 48.5 Å². The molecule has 0 spiro atoms. The molecule has 2 N–H and O–H groups in total. The van der Waals surface area contributed by atoms with Crippen LogP contribution in [0.2, 0.25) is 0 Å². The van der Waals surface area contributed by atoms with E-state index in [2.05, 4.69) is 5.32 Å². The number of rotatable bonds is 16. The van der Waals surface area contributed by atoms with Gasteiger partial charge in [0.1, 0.15) is 19.3 Å². The van der Waals surface area contributed by atoms with Gasteiger partial charge in [0.05, 0.1) is 28.4 Å². The van der Waals surface area contributed by atoms with Crippen LogP contribution in [0.5, 0.6) is 0 Å². The molecule has 0 bridgehead atoms. The third kappa shape index (κ3) is 10.8. The van der Waals surface area contributed by atoms with E-state index in [1.165, 1.54) is 55.5 Å². The third-order valence-corrected chi connectivity index (χ3v) is 11.4. The molecule has 0 unspecified atom stereocenters. The summed E-state index contributed by atoms with van der Waals surface area (Å²) >= 11 is 0. The van der Waals surface area contributed by atoms with Gasteiger partial charge in [-0.05, 0) is 77.7 Å². The molecule has 1 fully saturated rings. The van der Waals surface area contributed by atoms with Crippen LogP contribution in [0.1, 0.15) is 65.4 Å². The van der Waals surface area contributed by atoms with Crippen molar-refractivity contribution >= 4 is 35.9 Å². The fourth-order valence-electron chi connectivity index (χ4n) is 8.07. The lowest BCUT2D eigenvalue weighted by atomic mass is 9.97. The molecule has 1 saturated heterocycles. The highest BCUT2D eigenvalue weighted by Gasteiger charge is 2.54. The zero-order valence-electron chi connectivity index (χ0n) is 36.5. The monoisotopic (exact) mass is 919 g/mol. The number of carboxylic acids is 1. The lowest BCUT2D eigenvalue weighted by Crippen LogP contribution is -2.64. The zero-order valence-corrected chi connectivity index (χ0v) is 36.5. The summed E-state index contributed by atoms with van der Waals surface area (Å²) in [5, 5.41) is 12.9. The van der Waals surface area contributed by atoms with Crippen molar-refractivity contribution in [1.29, 1.82) is 0 Å². The highest BCUT2D eigenvalue weighted by atomic mass is 16.7. The van der Waals surface area contributed by atoms with E-state index in [1.54, 1.807) is 72.8 Å². The van der Waals surface area contributed by atoms with Gasteiger partial charge in [-0.15, -0.1) is 0 Å². The summed E-state index contributed by atoms with van der Waals surface area (Å²) in [6.07, 6.45) is -11.2. The number of carbonyl (C=O) groups excluding carboxylic acids is 5. The normalized spacial score (nSPS) is 19.2. The molecule has 346 valence electrons. The van der Waals surface area contributed by atoms with Crippen LogP contribution in [0.4, 0.5) is 4.79 Å². The van der Waals surface area contributed by atoms with Crippen LogP contribution in [0.15, 0.2) is 170 Å². The first-order valence-corrected chi connectivity index (χ1v) is 21.7. The van der Waals surface area contributed by atoms with Gasteiger partial charge in [-0.1, -0.05) is 121 Å². The van der Waals surface area contributed by atoms with E-state index < -0.39 is 85.4 Å². The van der Waals surface area contributed by atoms with Crippen molar-refractivity contribution in [3.63, 3.8) is 0 Å². The number of hydrogen-bond donors (Lipinski definition) is 2. The second-order valence-corrected chi connectivity index (χ2v) is 15.8. The van der Waals surface area contributed by atoms with Crippen molar-refractivity contribution in [3.05, 3.63) is 203 Å². The van der Waals surface area contributed by atoms with Gasteiger partial charge in [0.15, 0.2) is 30.6 Å². The maximum Gasteiger partial charge on any atom is 0.407 e. The Hall–Kier alpha value is -8.14. The van der Waals surface area contributed by atoms with Crippen molar-refractivity contribution < 1.29 is 67.0 Å². The molecule has 0 aromatic heterocycles. The van der Waals surface area contributed by atoms with Gasteiger partial charge in [0.25, 0.3) is 0 Å². The summed E-state index contributed by atoms with van der Waals surface area (Å²) < 4.78 is 42.2. The molecule has 7 atom stereocenters. The number of carbonyl (C=O) groups is 6. The zero-order chi connectivity index (χ0) is 47.6. The second-order valence-electron chi connectivity index (χ2n) is 15.8. The fraction of sp³-hybridized carbons (Fsp3) is 0.208. The van der Waals surface area contributed by atoms with Gasteiger partial charge < -0.3 is 43.6 Å². The number of carboxylic acid groups (broad SMARTS) is 1. The first kappa shape index (κ1) is 46.4. The van der Waals surface area contributed by atoms with Crippen molar-refractivity contribution in [2.45, 2.75) is 55.7 Å². The van der Waals surface area contributed by atoms with Gasteiger partial charge in [0, 0.05) is 5.92 Å². The number of benzene rings is 6. The van der Waals surface area contributed by atoms with Crippen LogP contribution in [0.3, 0.4) is 0 Å². The van der Waals surface area contributed by atoms with E-state index in [4.69, 9.17) is 33.2 Å². The molecule has 6 aromatic rings. The van der Waals surface area contributed by atoms with Gasteiger partial charge in [-0.25, -0.2) is 28.8 Å². The molecule has 6 aromatic carbocycles. The molecular weight excluding hydrogens is 875 g/mol. The number of amides is 1. The Morgan fingerprint density at radius 2 is 0.926 bits per heavy atom. The minimum absolute atomic E-state index is 0.0597. The molecule has 15 nitrogen and oxygen atoms in total. The Balaban J connectivity index is 1.11. The van der Waals surface area contributed by atoms with Gasteiger partial charge in [-0.2, -0.15) is 0 Å². The Bertz CT molecular complexity index is 2690. The number of hydrogen-bond acceptors (Lipinski definition) is 13. The van der Waals surface area contributed by atoms with Crippen LogP contribution < -0.4 is 5.32 Å². The number of ether oxygens (including phenoxy) is 7. The van der Waals surface area contributed by atoms with E-state index >= 15 is 0 Å².